The lowest BCUT2D eigenvalue weighted by molar-refractivity contribution is -0.137. The summed E-state index contributed by atoms with van der Waals surface area (Å²) in [5.41, 5.74) is 8.55. The summed E-state index contributed by atoms with van der Waals surface area (Å²) in [7, 11) is 1.55. The van der Waals surface area contributed by atoms with Gasteiger partial charge in [0, 0.05) is 12.9 Å². The zero-order valence-electron chi connectivity index (χ0n) is 14.4. The second kappa shape index (κ2) is 10.3. The number of carboxylic acids is 1. The van der Waals surface area contributed by atoms with Gasteiger partial charge >= 0.3 is 5.97 Å². The van der Waals surface area contributed by atoms with E-state index < -0.39 is 12.0 Å². The number of hydrogen-bond donors (Lipinski definition) is 2. The van der Waals surface area contributed by atoms with Crippen LogP contribution in [0.1, 0.15) is 25.0 Å². The van der Waals surface area contributed by atoms with Crippen molar-refractivity contribution in [3.63, 3.8) is 0 Å². The number of amides is 1. The maximum atomic E-state index is 12.7. The van der Waals surface area contributed by atoms with Gasteiger partial charge in [0.2, 0.25) is 5.91 Å². The van der Waals surface area contributed by atoms with Gasteiger partial charge in [-0.1, -0.05) is 32.0 Å². The largest absolute Gasteiger partial charge is 0.480 e. The molecule has 0 spiro atoms. The summed E-state index contributed by atoms with van der Waals surface area (Å²) in [5.74, 6) is -0.827. The van der Waals surface area contributed by atoms with Gasteiger partial charge in [-0.15, -0.1) is 11.8 Å². The number of carboxylic acid groups (broad SMARTS) is 1. The van der Waals surface area contributed by atoms with Crippen molar-refractivity contribution in [3.8, 4) is 0 Å². The predicted molar refractivity (Wildman–Crippen MR) is 97.5 cm³/mol. The minimum atomic E-state index is -1.06. The molecule has 0 saturated carbocycles. The van der Waals surface area contributed by atoms with E-state index in [1.165, 1.54) is 11.8 Å². The molecule has 1 unspecified atom stereocenters. The summed E-state index contributed by atoms with van der Waals surface area (Å²) in [5, 5.41) is 8.80. The Morgan fingerprint density at radius 1 is 1.29 bits per heavy atom. The number of rotatable bonds is 10. The highest BCUT2D eigenvalue weighted by molar-refractivity contribution is 8.00. The van der Waals surface area contributed by atoms with E-state index in [0.29, 0.717) is 0 Å². The average molecular weight is 354 g/mol. The van der Waals surface area contributed by atoms with Gasteiger partial charge in [-0.3, -0.25) is 14.5 Å². The van der Waals surface area contributed by atoms with Crippen LogP contribution in [0, 0.1) is 0 Å². The number of nitrogens with two attached hydrogens (primary N) is 1. The van der Waals surface area contributed by atoms with Crippen molar-refractivity contribution in [2.45, 2.75) is 32.7 Å². The smallest absolute Gasteiger partial charge is 0.321 e. The van der Waals surface area contributed by atoms with Crippen molar-refractivity contribution in [2.24, 2.45) is 5.73 Å². The maximum absolute atomic E-state index is 12.7. The monoisotopic (exact) mass is 354 g/mol. The lowest BCUT2D eigenvalue weighted by atomic mass is 10.0. The van der Waals surface area contributed by atoms with Gasteiger partial charge in [0.1, 0.15) is 12.8 Å². The van der Waals surface area contributed by atoms with Crippen molar-refractivity contribution in [2.75, 3.05) is 30.2 Å². The van der Waals surface area contributed by atoms with Crippen LogP contribution < -0.4 is 10.6 Å². The molecule has 1 aromatic rings. The first-order valence-electron chi connectivity index (χ1n) is 7.92. The number of aryl methyl sites for hydroxylation is 2. The number of hydrogen-bond acceptors (Lipinski definition) is 5. The number of carbonyl (C=O) groups excluding carboxylic acids is 1. The van der Waals surface area contributed by atoms with Gasteiger partial charge in [0.25, 0.3) is 0 Å². The normalized spacial score (nSPS) is 12.0. The molecular formula is C17H26N2O4S. The Hall–Kier alpha value is -1.57. The van der Waals surface area contributed by atoms with E-state index >= 15 is 0 Å². The first-order chi connectivity index (χ1) is 11.5. The van der Waals surface area contributed by atoms with E-state index in [1.807, 2.05) is 32.0 Å². The molecule has 3 N–H and O–H groups in total. The maximum Gasteiger partial charge on any atom is 0.321 e. The highest BCUT2D eigenvalue weighted by Gasteiger charge is 2.21. The molecule has 0 fully saturated rings. The molecule has 1 rings (SSSR count). The summed E-state index contributed by atoms with van der Waals surface area (Å²) < 4.78 is 5.22. The molecule has 6 nitrogen and oxygen atoms in total. The van der Waals surface area contributed by atoms with Crippen molar-refractivity contribution in [1.82, 2.24) is 0 Å². The zero-order valence-corrected chi connectivity index (χ0v) is 15.3. The number of ether oxygens (including phenoxy) is 1. The Balaban J connectivity index is 2.94. The van der Waals surface area contributed by atoms with Crippen LogP contribution in [0.25, 0.3) is 0 Å². The average Bonchev–Trinajstić information content (AvgIpc) is 2.58. The third kappa shape index (κ3) is 5.51. The lowest BCUT2D eigenvalue weighted by Crippen LogP contribution is -2.37. The van der Waals surface area contributed by atoms with E-state index in [9.17, 15) is 9.59 Å². The van der Waals surface area contributed by atoms with Gasteiger partial charge in [-0.2, -0.15) is 0 Å². The number of benzene rings is 1. The van der Waals surface area contributed by atoms with E-state index in [0.717, 1.165) is 29.7 Å². The molecule has 1 aromatic carbocycles. The summed E-state index contributed by atoms with van der Waals surface area (Å²) in [6.45, 7) is 4.26. The van der Waals surface area contributed by atoms with E-state index in [4.69, 9.17) is 15.6 Å². The van der Waals surface area contributed by atoms with Gasteiger partial charge in [-0.05, 0) is 24.0 Å². The van der Waals surface area contributed by atoms with Crippen LogP contribution in [0.4, 0.5) is 5.69 Å². The molecule has 24 heavy (non-hydrogen) atoms. The van der Waals surface area contributed by atoms with Crippen LogP contribution in [0.3, 0.4) is 0 Å². The molecular weight excluding hydrogens is 328 g/mol. The van der Waals surface area contributed by atoms with Gasteiger partial charge < -0.3 is 15.6 Å². The van der Waals surface area contributed by atoms with Crippen molar-refractivity contribution in [3.05, 3.63) is 29.3 Å². The SMILES string of the molecule is CCc1cccc(CC)c1N(COC)C(=O)CSCC(N)C(=O)O. The Morgan fingerprint density at radius 3 is 2.33 bits per heavy atom. The molecule has 0 bridgehead atoms. The van der Waals surface area contributed by atoms with Crippen LogP contribution in [0.5, 0.6) is 0 Å². The highest BCUT2D eigenvalue weighted by Crippen LogP contribution is 2.27. The molecule has 0 aliphatic heterocycles. The number of anilines is 1. The fraction of sp³-hybridized carbons (Fsp3) is 0.529. The van der Waals surface area contributed by atoms with Crippen LogP contribution in [-0.2, 0) is 27.2 Å². The number of carbonyl (C=O) groups is 2. The number of methoxy groups -OCH3 is 1. The summed E-state index contributed by atoms with van der Waals surface area (Å²) >= 11 is 1.22. The predicted octanol–water partition coefficient (Wildman–Crippen LogP) is 1.89. The van der Waals surface area contributed by atoms with Crippen LogP contribution in [-0.4, -0.2) is 48.4 Å². The summed E-state index contributed by atoms with van der Waals surface area (Å²) in [4.78, 5) is 25.0. The first-order valence-corrected chi connectivity index (χ1v) is 9.07. The van der Waals surface area contributed by atoms with Crippen molar-refractivity contribution >= 4 is 29.3 Å². The second-order valence-corrected chi connectivity index (χ2v) is 6.36. The van der Waals surface area contributed by atoms with Gasteiger partial charge in [-0.25, -0.2) is 0 Å². The van der Waals surface area contributed by atoms with Crippen molar-refractivity contribution < 1.29 is 19.4 Å². The summed E-state index contributed by atoms with van der Waals surface area (Å²) in [6.07, 6.45) is 1.63. The molecule has 0 heterocycles. The molecule has 1 amide bonds. The topological polar surface area (TPSA) is 92.9 Å². The second-order valence-electron chi connectivity index (χ2n) is 5.33. The quantitative estimate of drug-likeness (QED) is 0.623. The minimum Gasteiger partial charge on any atom is -0.480 e. The molecule has 0 saturated heterocycles. The fourth-order valence-corrected chi connectivity index (χ4v) is 3.22. The van der Waals surface area contributed by atoms with Gasteiger partial charge in [0.15, 0.2) is 0 Å². The third-order valence-electron chi connectivity index (χ3n) is 3.63. The van der Waals surface area contributed by atoms with Crippen molar-refractivity contribution in [1.29, 1.82) is 0 Å². The number of thioether (sulfide) groups is 1. The van der Waals surface area contributed by atoms with E-state index in [-0.39, 0.29) is 24.1 Å². The lowest BCUT2D eigenvalue weighted by Gasteiger charge is -2.27. The molecule has 134 valence electrons. The van der Waals surface area contributed by atoms with Crippen LogP contribution in [0.15, 0.2) is 18.2 Å². The number of nitrogens with zero attached hydrogens (tertiary/aromatic N) is 1. The summed E-state index contributed by atoms with van der Waals surface area (Å²) in [6, 6.07) is 5.06. The molecule has 0 aromatic heterocycles. The third-order valence-corrected chi connectivity index (χ3v) is 4.68. The molecule has 7 heteroatoms. The zero-order chi connectivity index (χ0) is 18.1. The Morgan fingerprint density at radius 2 is 1.88 bits per heavy atom. The van der Waals surface area contributed by atoms with E-state index in [2.05, 4.69) is 0 Å². The van der Waals surface area contributed by atoms with Crippen LogP contribution in [0.2, 0.25) is 0 Å². The molecule has 0 aliphatic carbocycles. The molecule has 0 aliphatic rings. The Labute approximate surface area is 147 Å². The number of para-hydroxylation sites is 1. The number of aliphatic carboxylic acids is 1. The van der Waals surface area contributed by atoms with Crippen LogP contribution >= 0.6 is 11.8 Å². The van der Waals surface area contributed by atoms with E-state index in [1.54, 1.807) is 12.0 Å². The Kier molecular flexibility index (Phi) is 8.81. The van der Waals surface area contributed by atoms with Gasteiger partial charge in [0.05, 0.1) is 11.4 Å². The highest BCUT2D eigenvalue weighted by atomic mass is 32.2. The fourth-order valence-electron chi connectivity index (χ4n) is 2.37. The standard InChI is InChI=1S/C17H26N2O4S/c1-4-12-7-6-8-13(5-2)16(12)19(11-23-3)15(20)10-24-9-14(18)17(21)22/h6-8,14H,4-5,9-11,18H2,1-3H3,(H,21,22). The molecule has 0 radical (unpaired) electrons. The minimum absolute atomic E-state index is 0.116. The Bertz CT molecular complexity index is 543. The first kappa shape index (κ1) is 20.5. The molecule has 1 atom stereocenters.